The summed E-state index contributed by atoms with van der Waals surface area (Å²) >= 11 is 0. The Morgan fingerprint density at radius 1 is 1.00 bits per heavy atom. The summed E-state index contributed by atoms with van der Waals surface area (Å²) in [6.45, 7) is 23.0. The first kappa shape index (κ1) is 51.7. The van der Waals surface area contributed by atoms with Gasteiger partial charge in [0.2, 0.25) is 18.7 Å². The molecule has 0 aliphatic carbocycles. The molecular weight excluding hydrogens is 600 g/mol. The summed E-state index contributed by atoms with van der Waals surface area (Å²) in [4.78, 5) is 49.4. The molecule has 6 unspecified atom stereocenters. The fraction of sp³-hybridized carbons (Fsp3) is 0.889. The summed E-state index contributed by atoms with van der Waals surface area (Å²) in [6.07, 6.45) is 9.87. The van der Waals surface area contributed by atoms with Gasteiger partial charge in [-0.15, -0.1) is 0 Å². The molecule has 2 rings (SSSR count). The van der Waals surface area contributed by atoms with Crippen LogP contribution in [-0.4, -0.2) is 130 Å². The fourth-order valence-corrected chi connectivity index (χ4v) is 5.55. The fourth-order valence-electron chi connectivity index (χ4n) is 5.55. The third kappa shape index (κ3) is 20.8. The van der Waals surface area contributed by atoms with Crippen LogP contribution in [0.4, 0.5) is 0 Å². The second kappa shape index (κ2) is 32.5. The lowest BCUT2D eigenvalue weighted by atomic mass is 9.91. The lowest BCUT2D eigenvalue weighted by Crippen LogP contribution is -2.51. The highest BCUT2D eigenvalue weighted by atomic mass is 16.5. The minimum atomic E-state index is -0.166. The normalized spacial score (nSPS) is 19.2. The Labute approximate surface area is 289 Å². The van der Waals surface area contributed by atoms with Gasteiger partial charge in [-0.2, -0.15) is 0 Å². The lowest BCUT2D eigenvalue weighted by Gasteiger charge is -2.37. The molecule has 0 spiro atoms. The zero-order valence-corrected chi connectivity index (χ0v) is 33.0. The molecule has 2 N–H and O–H groups in total. The van der Waals surface area contributed by atoms with E-state index in [-0.39, 0.29) is 42.7 Å². The minimum absolute atomic E-state index is 0.0186. The molecule has 2 aliphatic heterocycles. The Balaban J connectivity index is -0.000000281. The molecule has 2 heterocycles. The minimum Gasteiger partial charge on any atom is -0.400 e. The van der Waals surface area contributed by atoms with E-state index in [0.29, 0.717) is 17.9 Å². The van der Waals surface area contributed by atoms with Crippen molar-refractivity contribution in [3.05, 3.63) is 0 Å². The van der Waals surface area contributed by atoms with Crippen LogP contribution in [0.2, 0.25) is 0 Å². The number of ether oxygens (including phenoxy) is 2. The van der Waals surface area contributed by atoms with Gasteiger partial charge in [0.25, 0.3) is 0 Å². The van der Waals surface area contributed by atoms with Crippen LogP contribution in [0.25, 0.3) is 0 Å². The van der Waals surface area contributed by atoms with Gasteiger partial charge < -0.3 is 39.4 Å². The number of methoxy groups -OCH3 is 2. The number of nitrogens with zero attached hydrogens (tertiary/aromatic N) is 3. The van der Waals surface area contributed by atoms with Gasteiger partial charge in [0.15, 0.2) is 0 Å². The number of likely N-dealkylation sites (tertiary alicyclic amines) is 2. The van der Waals surface area contributed by atoms with Crippen LogP contribution in [0.1, 0.15) is 114 Å². The van der Waals surface area contributed by atoms with E-state index in [1.54, 1.807) is 31.1 Å². The van der Waals surface area contributed by atoms with Crippen molar-refractivity contribution in [2.45, 2.75) is 144 Å². The van der Waals surface area contributed by atoms with E-state index in [9.17, 15) is 19.2 Å². The molecule has 11 nitrogen and oxygen atoms in total. The maximum Gasteiger partial charge on any atom is 0.242 e. The number of likely N-dealkylation sites (N-methyl/N-ethyl adjacent to an activating group) is 1. The maximum absolute atomic E-state index is 11.9. The van der Waals surface area contributed by atoms with Gasteiger partial charge in [-0.3, -0.25) is 14.4 Å². The van der Waals surface area contributed by atoms with Crippen LogP contribution in [0.3, 0.4) is 0 Å². The molecule has 47 heavy (non-hydrogen) atoms. The number of hydrogen-bond donors (Lipinski definition) is 2. The predicted molar refractivity (Wildman–Crippen MR) is 194 cm³/mol. The van der Waals surface area contributed by atoms with E-state index in [0.717, 1.165) is 52.0 Å². The summed E-state index contributed by atoms with van der Waals surface area (Å²) in [6, 6.07) is 0.101. The second-order valence-corrected chi connectivity index (χ2v) is 12.4. The molecule has 0 radical (unpaired) electrons. The Kier molecular flexibility index (Phi) is 35.7. The molecule has 2 saturated heterocycles. The van der Waals surface area contributed by atoms with Crippen molar-refractivity contribution >= 4 is 25.0 Å². The Hall–Kier alpha value is -2.08. The molecule has 2 aliphatic rings. The Morgan fingerprint density at radius 3 is 1.87 bits per heavy atom. The molecule has 0 saturated carbocycles. The van der Waals surface area contributed by atoms with E-state index in [4.69, 9.17) is 14.6 Å². The quantitative estimate of drug-likeness (QED) is 0.245. The van der Waals surface area contributed by atoms with Gasteiger partial charge in [-0.25, -0.2) is 0 Å². The summed E-state index contributed by atoms with van der Waals surface area (Å²) < 4.78 is 10.8. The van der Waals surface area contributed by atoms with Crippen molar-refractivity contribution in [1.82, 2.24) is 20.0 Å². The third-order valence-electron chi connectivity index (χ3n) is 8.67. The van der Waals surface area contributed by atoms with Crippen molar-refractivity contribution < 1.29 is 33.8 Å². The Bertz CT molecular complexity index is 753. The smallest absolute Gasteiger partial charge is 0.242 e. The van der Waals surface area contributed by atoms with Crippen LogP contribution >= 0.6 is 0 Å². The van der Waals surface area contributed by atoms with Gasteiger partial charge in [-0.05, 0) is 65.5 Å². The van der Waals surface area contributed by atoms with Crippen molar-refractivity contribution in [3.8, 4) is 0 Å². The van der Waals surface area contributed by atoms with Crippen molar-refractivity contribution in [1.29, 1.82) is 0 Å². The molecule has 282 valence electrons. The van der Waals surface area contributed by atoms with Gasteiger partial charge >= 0.3 is 0 Å². The first-order chi connectivity index (χ1) is 22.3. The van der Waals surface area contributed by atoms with E-state index < -0.39 is 0 Å². The molecule has 0 aromatic rings. The first-order valence-corrected chi connectivity index (χ1v) is 17.6. The van der Waals surface area contributed by atoms with Gasteiger partial charge in [-0.1, -0.05) is 68.2 Å². The average molecular weight is 677 g/mol. The van der Waals surface area contributed by atoms with Gasteiger partial charge in [0, 0.05) is 46.4 Å². The number of aliphatic hydroxyl groups excluding tert-OH is 1. The zero-order valence-electron chi connectivity index (χ0n) is 33.0. The van der Waals surface area contributed by atoms with Crippen LogP contribution < -0.4 is 5.32 Å². The maximum atomic E-state index is 11.9. The predicted octanol–water partition coefficient (Wildman–Crippen LogP) is 5.03. The molecule has 6 atom stereocenters. The van der Waals surface area contributed by atoms with E-state index >= 15 is 0 Å². The summed E-state index contributed by atoms with van der Waals surface area (Å²) in [5.41, 5.74) is 0.486. The first-order valence-electron chi connectivity index (χ1n) is 17.6. The van der Waals surface area contributed by atoms with Crippen molar-refractivity contribution in [2.24, 2.45) is 11.8 Å². The van der Waals surface area contributed by atoms with E-state index in [2.05, 4.69) is 58.8 Å². The van der Waals surface area contributed by atoms with Gasteiger partial charge in [0.05, 0.1) is 30.8 Å². The molecule has 0 bridgehead atoms. The van der Waals surface area contributed by atoms with Crippen LogP contribution in [0, 0.1) is 11.8 Å². The number of amides is 3. The topological polar surface area (TPSA) is 129 Å². The number of rotatable bonds is 14. The largest absolute Gasteiger partial charge is 0.400 e. The van der Waals surface area contributed by atoms with E-state index in [1.165, 1.54) is 25.8 Å². The third-order valence-corrected chi connectivity index (χ3v) is 8.67. The molecule has 0 aromatic heterocycles. The summed E-state index contributed by atoms with van der Waals surface area (Å²) in [5, 5.41) is 9.40. The monoisotopic (exact) mass is 677 g/mol. The van der Waals surface area contributed by atoms with Crippen molar-refractivity contribution in [2.75, 3.05) is 55.1 Å². The molecular formula is C36H76N4O7. The molecule has 2 fully saturated rings. The summed E-state index contributed by atoms with van der Waals surface area (Å²) in [7, 11) is 8.23. The zero-order chi connectivity index (χ0) is 37.6. The SMILES string of the molecule is CC.CCC.CCC(C)C(C(CC)OC)N(C)C(=O)CNC=O.CN1CCCC1(C)C.CO.COC(C(C)C=O)C1CCCN1C=O. The molecule has 0 aromatic carbocycles. The highest BCUT2D eigenvalue weighted by Crippen LogP contribution is 2.26. The number of nitrogens with one attached hydrogen (secondary N) is 1. The number of carbonyl (C=O) groups is 4. The molecule has 3 amide bonds. The van der Waals surface area contributed by atoms with Crippen LogP contribution in [0.15, 0.2) is 0 Å². The van der Waals surface area contributed by atoms with Gasteiger partial charge in [0.1, 0.15) is 6.29 Å². The summed E-state index contributed by atoms with van der Waals surface area (Å²) in [5.74, 6) is 0.0912. The van der Waals surface area contributed by atoms with E-state index in [1.807, 2.05) is 27.7 Å². The average Bonchev–Trinajstić information content (AvgIpc) is 3.69. The number of aldehydes is 1. The van der Waals surface area contributed by atoms with Crippen molar-refractivity contribution in [3.63, 3.8) is 0 Å². The number of hydrogen-bond acceptors (Lipinski definition) is 8. The second-order valence-electron chi connectivity index (χ2n) is 12.4. The number of aliphatic hydroxyl groups is 1. The lowest BCUT2D eigenvalue weighted by molar-refractivity contribution is -0.136. The Morgan fingerprint density at radius 2 is 1.55 bits per heavy atom. The van der Waals surface area contributed by atoms with Crippen LogP contribution in [0.5, 0.6) is 0 Å². The highest BCUT2D eigenvalue weighted by Gasteiger charge is 2.34. The molecule has 11 heteroatoms. The highest BCUT2D eigenvalue weighted by molar-refractivity contribution is 5.80. The number of carbonyl (C=O) groups excluding carboxylic acids is 4. The standard InChI is InChI=1S/C13H26N2O3.C10H17NO3.C7H15N.C3H8.C2H6.CH4O/c1-6-10(3)13(11(7-2)18-5)15(4)12(17)8-14-9-16;1-8(6-12)10(14-2)9-4-3-5-11(9)7-13;1-7(2)5-4-6-8(7)3;1-3-2;2*1-2/h9-11,13H,6-8H2,1-5H3,(H,14,16);6-10H,3-5H2,1-2H3;4-6H2,1-3H3;3H2,1-2H3;1-2H3;2H,1H3. The van der Waals surface area contributed by atoms with Crippen LogP contribution in [-0.2, 0) is 28.7 Å².